The Balaban J connectivity index is 1.96. The van der Waals surface area contributed by atoms with Crippen LogP contribution < -0.4 is 14.2 Å². The van der Waals surface area contributed by atoms with Crippen LogP contribution in [0.25, 0.3) is 0 Å². The molecule has 24 heavy (non-hydrogen) atoms. The fourth-order valence-corrected chi connectivity index (χ4v) is 2.21. The predicted octanol–water partition coefficient (Wildman–Crippen LogP) is 3.69. The minimum absolute atomic E-state index is 0.349. The van der Waals surface area contributed by atoms with Crippen LogP contribution in [0.5, 0.6) is 17.2 Å². The Labute approximate surface area is 141 Å². The maximum atomic E-state index is 8.72. The molecule has 0 bridgehead atoms. The van der Waals surface area contributed by atoms with Crippen molar-refractivity contribution in [1.82, 2.24) is 0 Å². The molecule has 0 atom stereocenters. The molecule has 0 aromatic heterocycles. The molecule has 2 rings (SSSR count). The first-order valence-corrected chi connectivity index (χ1v) is 7.58. The molecule has 2 aromatic carbocycles. The van der Waals surface area contributed by atoms with Gasteiger partial charge in [0, 0.05) is 11.6 Å². The molecule has 0 amide bonds. The molecule has 0 aliphatic carbocycles. The molecule has 0 saturated carbocycles. The Morgan fingerprint density at radius 3 is 2.54 bits per heavy atom. The molecule has 0 aliphatic rings. The normalized spacial score (nSPS) is 10.5. The van der Waals surface area contributed by atoms with E-state index in [1.165, 1.54) is 6.21 Å². The highest BCUT2D eigenvalue weighted by Gasteiger charge is 2.06. The molecule has 0 unspecified atom stereocenters. The number of hydrogen-bond donors (Lipinski definition) is 1. The lowest BCUT2D eigenvalue weighted by Gasteiger charge is -2.13. The zero-order chi connectivity index (χ0) is 17.2. The minimum Gasteiger partial charge on any atom is -0.497 e. The lowest BCUT2D eigenvalue weighted by atomic mass is 10.1. The van der Waals surface area contributed by atoms with Gasteiger partial charge in [0.25, 0.3) is 0 Å². The van der Waals surface area contributed by atoms with E-state index in [0.717, 1.165) is 17.7 Å². The van der Waals surface area contributed by atoms with Crippen LogP contribution >= 0.6 is 0 Å². The topological polar surface area (TPSA) is 60.3 Å². The number of hydrogen-bond acceptors (Lipinski definition) is 5. The summed E-state index contributed by atoms with van der Waals surface area (Å²) >= 11 is 0. The number of rotatable bonds is 9. The molecule has 5 nitrogen and oxygen atoms in total. The zero-order valence-electron chi connectivity index (χ0n) is 13.6. The fourth-order valence-electron chi connectivity index (χ4n) is 2.21. The van der Waals surface area contributed by atoms with E-state index in [9.17, 15) is 0 Å². The fraction of sp³-hybridized carbons (Fsp3) is 0.211. The lowest BCUT2D eigenvalue weighted by molar-refractivity contribution is 0.215. The van der Waals surface area contributed by atoms with Gasteiger partial charge >= 0.3 is 0 Å². The van der Waals surface area contributed by atoms with E-state index >= 15 is 0 Å². The summed E-state index contributed by atoms with van der Waals surface area (Å²) in [6, 6.07) is 13.1. The maximum Gasteiger partial charge on any atom is 0.132 e. The van der Waals surface area contributed by atoms with Crippen molar-refractivity contribution in [2.24, 2.45) is 5.16 Å². The minimum atomic E-state index is 0.349. The number of para-hydroxylation sites is 1. The number of methoxy groups -OCH3 is 1. The van der Waals surface area contributed by atoms with Crippen LogP contribution in [0, 0.1) is 0 Å². The highest BCUT2D eigenvalue weighted by Crippen LogP contribution is 2.24. The van der Waals surface area contributed by atoms with E-state index in [0.29, 0.717) is 30.3 Å². The Bertz CT molecular complexity index is 698. The molecule has 5 heteroatoms. The van der Waals surface area contributed by atoms with Gasteiger partial charge in [-0.25, -0.2) is 0 Å². The number of allylic oxidation sites excluding steroid dienone is 1. The molecule has 0 fully saturated rings. The summed E-state index contributed by atoms with van der Waals surface area (Å²) in [7, 11) is 1.58. The third-order valence-electron chi connectivity index (χ3n) is 3.35. The molecule has 126 valence electrons. The molecule has 0 spiro atoms. The molecule has 1 N–H and O–H groups in total. The van der Waals surface area contributed by atoms with E-state index in [1.54, 1.807) is 25.3 Å². The average Bonchev–Trinajstić information content (AvgIpc) is 2.61. The van der Waals surface area contributed by atoms with Crippen molar-refractivity contribution in [3.63, 3.8) is 0 Å². The zero-order valence-corrected chi connectivity index (χ0v) is 13.6. The van der Waals surface area contributed by atoms with Crippen molar-refractivity contribution in [1.29, 1.82) is 0 Å². The smallest absolute Gasteiger partial charge is 0.132 e. The van der Waals surface area contributed by atoms with Gasteiger partial charge in [0.1, 0.15) is 30.5 Å². The Morgan fingerprint density at radius 2 is 1.83 bits per heavy atom. The van der Waals surface area contributed by atoms with Crippen molar-refractivity contribution in [3.8, 4) is 17.2 Å². The second kappa shape index (κ2) is 9.25. The second-order valence-corrected chi connectivity index (χ2v) is 4.95. The van der Waals surface area contributed by atoms with Gasteiger partial charge in [-0.3, -0.25) is 0 Å². The molecule has 2 aromatic rings. The molecular formula is C19H21NO4. The van der Waals surface area contributed by atoms with E-state index < -0.39 is 0 Å². The highest BCUT2D eigenvalue weighted by atomic mass is 16.5. The monoisotopic (exact) mass is 327 g/mol. The molecule has 0 heterocycles. The first kappa shape index (κ1) is 17.4. The number of benzene rings is 2. The van der Waals surface area contributed by atoms with Crippen LogP contribution in [0.4, 0.5) is 0 Å². The van der Waals surface area contributed by atoms with Gasteiger partial charge in [-0.15, -0.1) is 6.58 Å². The molecular weight excluding hydrogens is 306 g/mol. The average molecular weight is 327 g/mol. The number of oxime groups is 1. The second-order valence-electron chi connectivity index (χ2n) is 4.95. The lowest BCUT2D eigenvalue weighted by Crippen LogP contribution is -2.11. The van der Waals surface area contributed by atoms with E-state index in [4.69, 9.17) is 19.4 Å². The standard InChI is InChI=1S/C19H21NO4/c1-3-6-15-7-4-5-8-18(15)23-11-12-24-19-13-17(22-2)10-9-16(19)14-20-21/h3-5,7-10,13-14,21H,1,6,11-12H2,2H3. The summed E-state index contributed by atoms with van der Waals surface area (Å²) in [5.41, 5.74) is 1.74. The summed E-state index contributed by atoms with van der Waals surface area (Å²) < 4.78 is 16.7. The van der Waals surface area contributed by atoms with Gasteiger partial charge in [0.05, 0.1) is 13.3 Å². The number of ether oxygens (including phenoxy) is 3. The van der Waals surface area contributed by atoms with Crippen LogP contribution in [0.2, 0.25) is 0 Å². The third kappa shape index (κ3) is 4.78. The Hall–Kier alpha value is -2.95. The summed E-state index contributed by atoms with van der Waals surface area (Å²) in [5.74, 6) is 2.05. The van der Waals surface area contributed by atoms with Crippen molar-refractivity contribution in [2.45, 2.75) is 6.42 Å². The molecule has 0 aliphatic heterocycles. The van der Waals surface area contributed by atoms with Gasteiger partial charge in [0.15, 0.2) is 0 Å². The Morgan fingerprint density at radius 1 is 1.08 bits per heavy atom. The van der Waals surface area contributed by atoms with E-state index in [2.05, 4.69) is 11.7 Å². The Kier molecular flexibility index (Phi) is 6.71. The first-order valence-electron chi connectivity index (χ1n) is 7.58. The van der Waals surface area contributed by atoms with Crippen LogP contribution in [-0.2, 0) is 6.42 Å². The largest absolute Gasteiger partial charge is 0.497 e. The van der Waals surface area contributed by atoms with Gasteiger partial charge in [-0.2, -0.15) is 0 Å². The predicted molar refractivity (Wildman–Crippen MR) is 93.7 cm³/mol. The summed E-state index contributed by atoms with van der Waals surface area (Å²) in [6.45, 7) is 4.49. The van der Waals surface area contributed by atoms with Crippen molar-refractivity contribution < 1.29 is 19.4 Å². The van der Waals surface area contributed by atoms with Crippen LogP contribution in [0.3, 0.4) is 0 Å². The van der Waals surface area contributed by atoms with Gasteiger partial charge in [-0.1, -0.05) is 29.4 Å². The summed E-state index contributed by atoms with van der Waals surface area (Å²) in [4.78, 5) is 0. The maximum absolute atomic E-state index is 8.72. The van der Waals surface area contributed by atoms with Crippen molar-refractivity contribution in [3.05, 3.63) is 66.2 Å². The van der Waals surface area contributed by atoms with Crippen LogP contribution in [-0.4, -0.2) is 31.7 Å². The van der Waals surface area contributed by atoms with Crippen molar-refractivity contribution in [2.75, 3.05) is 20.3 Å². The summed E-state index contributed by atoms with van der Waals surface area (Å²) in [6.07, 6.45) is 3.91. The van der Waals surface area contributed by atoms with Gasteiger partial charge < -0.3 is 19.4 Å². The molecule has 0 radical (unpaired) electrons. The van der Waals surface area contributed by atoms with Gasteiger partial charge in [-0.05, 0) is 30.2 Å². The van der Waals surface area contributed by atoms with Crippen LogP contribution in [0.1, 0.15) is 11.1 Å². The molecule has 0 saturated heterocycles. The number of nitrogens with zero attached hydrogens (tertiary/aromatic N) is 1. The first-order chi connectivity index (χ1) is 11.8. The van der Waals surface area contributed by atoms with E-state index in [-0.39, 0.29) is 0 Å². The third-order valence-corrected chi connectivity index (χ3v) is 3.35. The van der Waals surface area contributed by atoms with Gasteiger partial charge in [0.2, 0.25) is 0 Å². The van der Waals surface area contributed by atoms with Crippen LogP contribution in [0.15, 0.2) is 60.3 Å². The quantitative estimate of drug-likeness (QED) is 0.251. The van der Waals surface area contributed by atoms with Crippen molar-refractivity contribution >= 4 is 6.21 Å². The van der Waals surface area contributed by atoms with E-state index in [1.807, 2.05) is 30.3 Å². The highest BCUT2D eigenvalue weighted by molar-refractivity contribution is 5.83. The summed E-state index contributed by atoms with van der Waals surface area (Å²) in [5, 5.41) is 11.8. The SMILES string of the molecule is C=CCc1ccccc1OCCOc1cc(OC)ccc1C=NO.